The van der Waals surface area contributed by atoms with Crippen molar-refractivity contribution in [2.75, 3.05) is 13.7 Å². The number of ether oxygens (including phenoxy) is 1. The molecule has 0 aliphatic heterocycles. The molecule has 1 aromatic rings. The molecule has 5 nitrogen and oxygen atoms in total. The Balaban J connectivity index is 2.21. The van der Waals surface area contributed by atoms with E-state index < -0.39 is 10.0 Å². The van der Waals surface area contributed by atoms with Gasteiger partial charge in [-0.15, -0.1) is 0 Å². The van der Waals surface area contributed by atoms with Crippen LogP contribution in [0, 0.1) is 5.92 Å². The summed E-state index contributed by atoms with van der Waals surface area (Å²) in [6.45, 7) is 0.511. The topological polar surface area (TPSA) is 81.4 Å². The lowest BCUT2D eigenvalue weighted by Crippen LogP contribution is -2.44. The highest BCUT2D eigenvalue weighted by Gasteiger charge is 2.28. The normalized spacial score (nSPS) is 23.0. The second kappa shape index (κ2) is 7.09. The van der Waals surface area contributed by atoms with Crippen LogP contribution in [-0.2, 0) is 10.0 Å². The van der Waals surface area contributed by atoms with Gasteiger partial charge in [0, 0.05) is 12.1 Å². The molecule has 0 aromatic heterocycles. The average molecular weight is 377 g/mol. The number of nitrogens with two attached hydrogens (primary N) is 1. The minimum atomic E-state index is -3.56. The first kappa shape index (κ1) is 16.7. The van der Waals surface area contributed by atoms with Crippen LogP contribution in [0.1, 0.15) is 25.7 Å². The van der Waals surface area contributed by atoms with Crippen molar-refractivity contribution in [3.63, 3.8) is 0 Å². The lowest BCUT2D eigenvalue weighted by Gasteiger charge is -2.31. The fourth-order valence-corrected chi connectivity index (χ4v) is 4.48. The first-order valence-electron chi connectivity index (χ1n) is 7.04. The van der Waals surface area contributed by atoms with Crippen molar-refractivity contribution in [2.45, 2.75) is 36.6 Å². The van der Waals surface area contributed by atoms with E-state index in [0.29, 0.717) is 12.3 Å². The second-order valence-corrected chi connectivity index (χ2v) is 7.87. The summed E-state index contributed by atoms with van der Waals surface area (Å²) in [4.78, 5) is 0.212. The van der Waals surface area contributed by atoms with Crippen LogP contribution >= 0.6 is 15.9 Å². The van der Waals surface area contributed by atoms with Crippen LogP contribution in [-0.4, -0.2) is 28.1 Å². The number of hydrogen-bond acceptors (Lipinski definition) is 4. The third kappa shape index (κ3) is 3.97. The molecule has 0 amide bonds. The second-order valence-electron chi connectivity index (χ2n) is 5.30. The monoisotopic (exact) mass is 376 g/mol. The molecule has 0 bridgehead atoms. The van der Waals surface area contributed by atoms with Crippen LogP contribution in [0.2, 0.25) is 0 Å². The minimum absolute atomic E-state index is 0.0802. The molecule has 0 radical (unpaired) electrons. The third-order valence-electron chi connectivity index (χ3n) is 3.95. The maximum atomic E-state index is 12.5. The number of hydrogen-bond donors (Lipinski definition) is 2. The van der Waals surface area contributed by atoms with Gasteiger partial charge in [0.1, 0.15) is 5.75 Å². The minimum Gasteiger partial charge on any atom is -0.496 e. The molecule has 1 aliphatic carbocycles. The number of benzene rings is 1. The summed E-state index contributed by atoms with van der Waals surface area (Å²) >= 11 is 3.32. The zero-order chi connectivity index (χ0) is 15.5. The van der Waals surface area contributed by atoms with Gasteiger partial charge < -0.3 is 10.5 Å². The highest BCUT2D eigenvalue weighted by molar-refractivity contribution is 9.10. The zero-order valence-corrected chi connectivity index (χ0v) is 14.4. The molecule has 2 atom stereocenters. The molecule has 0 saturated heterocycles. The van der Waals surface area contributed by atoms with Gasteiger partial charge in [0.15, 0.2) is 0 Å². The average Bonchev–Trinajstić information content (AvgIpc) is 2.47. The summed E-state index contributed by atoms with van der Waals surface area (Å²) in [5, 5.41) is 0. The Kier molecular flexibility index (Phi) is 5.65. The van der Waals surface area contributed by atoms with Crippen LogP contribution in [0.15, 0.2) is 27.6 Å². The maximum Gasteiger partial charge on any atom is 0.240 e. The van der Waals surface area contributed by atoms with Gasteiger partial charge in [-0.25, -0.2) is 13.1 Å². The smallest absolute Gasteiger partial charge is 0.240 e. The Bertz CT molecular complexity index is 592. The van der Waals surface area contributed by atoms with Crippen molar-refractivity contribution >= 4 is 26.0 Å². The van der Waals surface area contributed by atoms with Crippen LogP contribution in [0.5, 0.6) is 5.75 Å². The van der Waals surface area contributed by atoms with Gasteiger partial charge >= 0.3 is 0 Å². The molecule has 118 valence electrons. The van der Waals surface area contributed by atoms with E-state index in [-0.39, 0.29) is 16.9 Å². The van der Waals surface area contributed by atoms with E-state index in [1.807, 2.05) is 0 Å². The zero-order valence-electron chi connectivity index (χ0n) is 12.0. The Morgan fingerprint density at radius 2 is 2.10 bits per heavy atom. The van der Waals surface area contributed by atoms with Gasteiger partial charge in [0.05, 0.1) is 16.5 Å². The van der Waals surface area contributed by atoms with Crippen LogP contribution in [0.3, 0.4) is 0 Å². The van der Waals surface area contributed by atoms with Gasteiger partial charge in [-0.1, -0.05) is 12.8 Å². The number of halogens is 1. The van der Waals surface area contributed by atoms with Crippen molar-refractivity contribution in [2.24, 2.45) is 11.7 Å². The van der Waals surface area contributed by atoms with Crippen molar-refractivity contribution in [1.29, 1.82) is 0 Å². The van der Waals surface area contributed by atoms with Gasteiger partial charge in [-0.3, -0.25) is 0 Å². The summed E-state index contributed by atoms with van der Waals surface area (Å²) in [5.41, 5.74) is 5.76. The number of rotatable bonds is 5. The summed E-state index contributed by atoms with van der Waals surface area (Å²) in [5.74, 6) is 0.711. The first-order chi connectivity index (χ1) is 9.97. The lowest BCUT2D eigenvalue weighted by atomic mass is 9.85. The molecule has 2 unspecified atom stereocenters. The standard InChI is InChI=1S/C14H21BrN2O3S/c1-20-14-8-11(6-7-12(14)15)21(18,19)17-13-5-3-2-4-10(13)9-16/h6-8,10,13,17H,2-5,9,16H2,1H3. The van der Waals surface area contributed by atoms with Crippen LogP contribution in [0.4, 0.5) is 0 Å². The molecular formula is C14H21BrN2O3S. The molecule has 21 heavy (non-hydrogen) atoms. The quantitative estimate of drug-likeness (QED) is 0.825. The molecule has 0 spiro atoms. The van der Waals surface area contributed by atoms with Gasteiger partial charge in [0.25, 0.3) is 0 Å². The van der Waals surface area contributed by atoms with E-state index >= 15 is 0 Å². The van der Waals surface area contributed by atoms with E-state index in [1.54, 1.807) is 12.1 Å². The Labute approximate surface area is 134 Å². The fourth-order valence-electron chi connectivity index (χ4n) is 2.72. The molecule has 1 aliphatic rings. The Morgan fingerprint density at radius 3 is 2.76 bits per heavy atom. The SMILES string of the molecule is COc1cc(S(=O)(=O)NC2CCCCC2CN)ccc1Br. The van der Waals surface area contributed by atoms with E-state index in [1.165, 1.54) is 13.2 Å². The summed E-state index contributed by atoms with van der Waals surface area (Å²) in [6, 6.07) is 4.68. The van der Waals surface area contributed by atoms with Crippen molar-refractivity contribution in [1.82, 2.24) is 4.72 Å². The van der Waals surface area contributed by atoms with Crippen LogP contribution in [0.25, 0.3) is 0 Å². The predicted molar refractivity (Wildman–Crippen MR) is 85.8 cm³/mol. The van der Waals surface area contributed by atoms with Gasteiger partial charge in [-0.2, -0.15) is 0 Å². The molecule has 2 rings (SSSR count). The van der Waals surface area contributed by atoms with Crippen molar-refractivity contribution < 1.29 is 13.2 Å². The van der Waals surface area contributed by atoms with Crippen molar-refractivity contribution in [3.05, 3.63) is 22.7 Å². The summed E-state index contributed by atoms with van der Waals surface area (Å²) in [7, 11) is -2.05. The Morgan fingerprint density at radius 1 is 1.38 bits per heavy atom. The predicted octanol–water partition coefficient (Wildman–Crippen LogP) is 2.25. The molecular weight excluding hydrogens is 356 g/mol. The molecule has 7 heteroatoms. The summed E-state index contributed by atoms with van der Waals surface area (Å²) < 4.78 is 33.7. The molecule has 1 saturated carbocycles. The van der Waals surface area contributed by atoms with Crippen LogP contribution < -0.4 is 15.2 Å². The number of nitrogens with one attached hydrogen (secondary N) is 1. The molecule has 0 heterocycles. The fraction of sp³-hybridized carbons (Fsp3) is 0.571. The van der Waals surface area contributed by atoms with E-state index in [0.717, 1.165) is 30.2 Å². The maximum absolute atomic E-state index is 12.5. The van der Waals surface area contributed by atoms with E-state index in [4.69, 9.17) is 10.5 Å². The van der Waals surface area contributed by atoms with E-state index in [9.17, 15) is 8.42 Å². The summed E-state index contributed by atoms with van der Waals surface area (Å²) in [6.07, 6.45) is 3.97. The molecule has 3 N–H and O–H groups in total. The van der Waals surface area contributed by atoms with E-state index in [2.05, 4.69) is 20.7 Å². The highest BCUT2D eigenvalue weighted by Crippen LogP contribution is 2.29. The highest BCUT2D eigenvalue weighted by atomic mass is 79.9. The number of sulfonamides is 1. The van der Waals surface area contributed by atoms with Gasteiger partial charge in [0.2, 0.25) is 10.0 Å². The third-order valence-corrected chi connectivity index (χ3v) is 6.09. The Hall–Kier alpha value is -0.630. The molecule has 1 fully saturated rings. The first-order valence-corrected chi connectivity index (χ1v) is 9.31. The van der Waals surface area contributed by atoms with Crippen molar-refractivity contribution in [3.8, 4) is 5.75 Å². The largest absolute Gasteiger partial charge is 0.496 e. The number of methoxy groups -OCH3 is 1. The lowest BCUT2D eigenvalue weighted by molar-refractivity contribution is 0.296. The van der Waals surface area contributed by atoms with Gasteiger partial charge in [-0.05, 0) is 53.4 Å². The molecule has 1 aromatic carbocycles.